The number of anilines is 1. The van der Waals surface area contributed by atoms with Crippen LogP contribution in [0.25, 0.3) is 0 Å². The van der Waals surface area contributed by atoms with Crippen molar-refractivity contribution in [3.63, 3.8) is 0 Å². The number of sulfonamides is 1. The van der Waals surface area contributed by atoms with Crippen molar-refractivity contribution in [3.05, 3.63) is 57.7 Å². The van der Waals surface area contributed by atoms with Gasteiger partial charge in [0.2, 0.25) is 5.91 Å². The molecule has 0 saturated heterocycles. The zero-order valence-electron chi connectivity index (χ0n) is 11.8. The Morgan fingerprint density at radius 3 is 2.74 bits per heavy atom. The zero-order chi connectivity index (χ0) is 16.4. The number of amides is 1. The van der Waals surface area contributed by atoms with Gasteiger partial charge in [0.25, 0.3) is 10.0 Å². The van der Waals surface area contributed by atoms with Crippen LogP contribution in [0.1, 0.15) is 5.56 Å². The van der Waals surface area contributed by atoms with Gasteiger partial charge >= 0.3 is 0 Å². The Hall–Kier alpha value is -1.94. The molecule has 2 aromatic rings. The van der Waals surface area contributed by atoms with E-state index in [1.165, 1.54) is 6.07 Å². The third-order valence-electron chi connectivity index (χ3n) is 3.15. The maximum atomic E-state index is 12.0. The number of carbonyl (C=O) groups is 1. The third kappa shape index (κ3) is 3.53. The molecule has 0 aliphatic carbocycles. The van der Waals surface area contributed by atoms with Gasteiger partial charge in [-0.1, -0.05) is 18.2 Å². The molecular weight excluding hydrogens is 429 g/mol. The van der Waals surface area contributed by atoms with Crippen LogP contribution in [0.2, 0.25) is 0 Å². The van der Waals surface area contributed by atoms with Crippen LogP contribution in [0.3, 0.4) is 0 Å². The Morgan fingerprint density at radius 1 is 1.17 bits per heavy atom. The molecule has 8 heteroatoms. The molecule has 1 aliphatic rings. The highest BCUT2D eigenvalue weighted by Crippen LogP contribution is 2.22. The number of amidine groups is 1. The molecule has 0 bridgehead atoms. The lowest BCUT2D eigenvalue weighted by molar-refractivity contribution is -0.114. The molecule has 0 aromatic heterocycles. The topological polar surface area (TPSA) is 87.6 Å². The fourth-order valence-electron chi connectivity index (χ4n) is 2.17. The first-order valence-electron chi connectivity index (χ1n) is 6.68. The molecule has 23 heavy (non-hydrogen) atoms. The summed E-state index contributed by atoms with van der Waals surface area (Å²) in [5, 5.41) is 2.72. The number of hydrogen-bond donors (Lipinski definition) is 2. The van der Waals surface area contributed by atoms with E-state index in [4.69, 9.17) is 0 Å². The summed E-state index contributed by atoms with van der Waals surface area (Å²) in [5.41, 5.74) is 1.16. The average molecular weight is 441 g/mol. The highest BCUT2D eigenvalue weighted by molar-refractivity contribution is 14.1. The molecule has 0 fully saturated rings. The summed E-state index contributed by atoms with van der Waals surface area (Å²) in [6.45, 7) is -0.169. The van der Waals surface area contributed by atoms with Crippen LogP contribution in [-0.2, 0) is 14.8 Å². The average Bonchev–Trinajstić information content (AvgIpc) is 2.77. The van der Waals surface area contributed by atoms with Crippen molar-refractivity contribution in [2.75, 3.05) is 11.9 Å². The van der Waals surface area contributed by atoms with Gasteiger partial charge in [-0.05, 0) is 52.9 Å². The number of aliphatic imine (C=N–C) groups is 1. The molecule has 118 valence electrons. The van der Waals surface area contributed by atoms with E-state index in [1.54, 1.807) is 24.3 Å². The summed E-state index contributed by atoms with van der Waals surface area (Å²) in [6, 6.07) is 13.9. The number of halogens is 1. The Kier molecular flexibility index (Phi) is 4.35. The molecule has 2 N–H and O–H groups in total. The minimum Gasteiger partial charge on any atom is -0.324 e. The van der Waals surface area contributed by atoms with Crippen molar-refractivity contribution < 1.29 is 13.2 Å². The standard InChI is InChI=1S/C15H12IN3O3S/c16-10-4-3-5-11(8-10)18-14(20)9-17-15-12-6-1-2-7-13(12)23(21,22)19-15/h1-8H,9H2,(H,17,19)(H,18,20). The molecule has 0 atom stereocenters. The zero-order valence-corrected chi connectivity index (χ0v) is 14.8. The number of benzene rings is 2. The van der Waals surface area contributed by atoms with Gasteiger partial charge in [0, 0.05) is 14.8 Å². The first-order chi connectivity index (χ1) is 11.0. The summed E-state index contributed by atoms with van der Waals surface area (Å²) < 4.78 is 27.3. The minimum atomic E-state index is -3.58. The van der Waals surface area contributed by atoms with Crippen LogP contribution in [0.5, 0.6) is 0 Å². The quantitative estimate of drug-likeness (QED) is 0.715. The van der Waals surface area contributed by atoms with Gasteiger partial charge in [0.05, 0.1) is 4.90 Å². The van der Waals surface area contributed by atoms with E-state index in [-0.39, 0.29) is 23.2 Å². The van der Waals surface area contributed by atoms with Crippen molar-refractivity contribution in [3.8, 4) is 0 Å². The lowest BCUT2D eigenvalue weighted by Gasteiger charge is -2.04. The molecule has 3 rings (SSSR count). The molecule has 0 spiro atoms. The Labute approximate surface area is 147 Å². The maximum absolute atomic E-state index is 12.0. The monoisotopic (exact) mass is 441 g/mol. The molecular formula is C15H12IN3O3S. The normalized spacial score (nSPS) is 16.7. The number of nitrogens with zero attached hydrogens (tertiary/aromatic N) is 1. The van der Waals surface area contributed by atoms with Crippen molar-refractivity contribution >= 4 is 50.0 Å². The molecule has 0 unspecified atom stereocenters. The SMILES string of the molecule is O=C(CN=C1NS(=O)(=O)c2ccccc21)Nc1cccc(I)c1. The number of carbonyl (C=O) groups excluding carboxylic acids is 1. The van der Waals surface area contributed by atoms with Crippen molar-refractivity contribution in [1.29, 1.82) is 0 Å². The van der Waals surface area contributed by atoms with Gasteiger partial charge in [-0.15, -0.1) is 0 Å². The first-order valence-corrected chi connectivity index (χ1v) is 9.24. The predicted octanol–water partition coefficient (Wildman–Crippen LogP) is 1.97. The number of nitrogens with one attached hydrogen (secondary N) is 2. The molecule has 1 amide bonds. The second kappa shape index (κ2) is 6.28. The van der Waals surface area contributed by atoms with Crippen molar-refractivity contribution in [2.24, 2.45) is 4.99 Å². The van der Waals surface area contributed by atoms with Crippen LogP contribution in [-0.4, -0.2) is 26.7 Å². The van der Waals surface area contributed by atoms with E-state index >= 15 is 0 Å². The first kappa shape index (κ1) is 15.9. The van der Waals surface area contributed by atoms with E-state index in [2.05, 4.69) is 37.6 Å². The van der Waals surface area contributed by atoms with Crippen molar-refractivity contribution in [2.45, 2.75) is 4.90 Å². The van der Waals surface area contributed by atoms with Gasteiger partial charge in [-0.2, -0.15) is 0 Å². The van der Waals surface area contributed by atoms with Gasteiger partial charge in [0.1, 0.15) is 12.4 Å². The van der Waals surface area contributed by atoms with E-state index in [0.717, 1.165) is 3.57 Å². The van der Waals surface area contributed by atoms with E-state index in [9.17, 15) is 13.2 Å². The summed E-state index contributed by atoms with van der Waals surface area (Å²) in [4.78, 5) is 16.2. The fraction of sp³-hybridized carbons (Fsp3) is 0.0667. The Morgan fingerprint density at radius 2 is 1.96 bits per heavy atom. The highest BCUT2D eigenvalue weighted by atomic mass is 127. The van der Waals surface area contributed by atoms with Gasteiger partial charge < -0.3 is 5.32 Å². The minimum absolute atomic E-state index is 0.169. The predicted molar refractivity (Wildman–Crippen MR) is 96.0 cm³/mol. The number of rotatable bonds is 3. The molecule has 1 heterocycles. The van der Waals surface area contributed by atoms with Gasteiger partial charge in [0.15, 0.2) is 0 Å². The summed E-state index contributed by atoms with van der Waals surface area (Å²) >= 11 is 2.15. The smallest absolute Gasteiger partial charge is 0.263 e. The highest BCUT2D eigenvalue weighted by Gasteiger charge is 2.30. The number of hydrogen-bond acceptors (Lipinski definition) is 4. The second-order valence-electron chi connectivity index (χ2n) is 4.83. The summed E-state index contributed by atoms with van der Waals surface area (Å²) in [5.74, 6) is -0.124. The lowest BCUT2D eigenvalue weighted by atomic mass is 10.2. The molecule has 6 nitrogen and oxygen atoms in total. The van der Waals surface area contributed by atoms with Crippen LogP contribution >= 0.6 is 22.6 Å². The molecule has 0 radical (unpaired) electrons. The molecule has 1 aliphatic heterocycles. The van der Waals surface area contributed by atoms with Gasteiger partial charge in [-0.25, -0.2) is 8.42 Å². The summed E-state index contributed by atoms with van der Waals surface area (Å²) in [7, 11) is -3.58. The fourth-order valence-corrected chi connectivity index (χ4v) is 3.96. The second-order valence-corrected chi connectivity index (χ2v) is 7.72. The van der Waals surface area contributed by atoms with E-state index < -0.39 is 10.0 Å². The van der Waals surface area contributed by atoms with Gasteiger partial charge in [-0.3, -0.25) is 14.5 Å². The van der Waals surface area contributed by atoms with Crippen molar-refractivity contribution in [1.82, 2.24) is 4.72 Å². The largest absolute Gasteiger partial charge is 0.324 e. The molecule has 2 aromatic carbocycles. The van der Waals surface area contributed by atoms with Crippen LogP contribution in [0, 0.1) is 3.57 Å². The maximum Gasteiger partial charge on any atom is 0.263 e. The lowest BCUT2D eigenvalue weighted by Crippen LogP contribution is -2.24. The van der Waals surface area contributed by atoms with Crippen LogP contribution in [0.4, 0.5) is 5.69 Å². The molecule has 0 saturated carbocycles. The third-order valence-corrected chi connectivity index (χ3v) is 5.22. The Balaban J connectivity index is 1.75. The number of fused-ring (bicyclic) bond motifs is 1. The van der Waals surface area contributed by atoms with E-state index in [0.29, 0.717) is 11.3 Å². The van der Waals surface area contributed by atoms with Crippen LogP contribution in [0.15, 0.2) is 58.4 Å². The van der Waals surface area contributed by atoms with E-state index in [1.807, 2.05) is 18.2 Å². The Bertz CT molecular complexity index is 910. The van der Waals surface area contributed by atoms with Crippen LogP contribution < -0.4 is 10.0 Å². The summed E-state index contributed by atoms with van der Waals surface area (Å²) in [6.07, 6.45) is 0.